The van der Waals surface area contributed by atoms with Crippen LogP contribution in [0.5, 0.6) is 0 Å². The van der Waals surface area contributed by atoms with E-state index in [1.165, 1.54) is 10.6 Å². The normalized spacial score (nSPS) is 10.9. The molecule has 3 aromatic rings. The molecule has 1 aromatic heterocycles. The van der Waals surface area contributed by atoms with Crippen molar-refractivity contribution in [2.45, 2.75) is 32.9 Å². The smallest absolute Gasteiger partial charge is 0.329 e. The number of hydrogen-bond donors (Lipinski definition) is 1. The first-order chi connectivity index (χ1) is 14.4. The van der Waals surface area contributed by atoms with E-state index in [1.54, 1.807) is 4.57 Å². The van der Waals surface area contributed by atoms with E-state index in [0.717, 1.165) is 29.6 Å². The lowest BCUT2D eigenvalue weighted by Crippen LogP contribution is -2.26. The number of nitrogens with zero attached hydrogens (tertiary/aromatic N) is 2. The number of carbonyl (C=O) groups is 2. The maximum Gasteiger partial charge on any atom is 0.329 e. The summed E-state index contributed by atoms with van der Waals surface area (Å²) in [7, 11) is 0. The molecule has 2 aromatic carbocycles. The molecule has 0 aliphatic rings. The van der Waals surface area contributed by atoms with Gasteiger partial charge in [0, 0.05) is 24.8 Å². The molecule has 0 unspecified atom stereocenters. The van der Waals surface area contributed by atoms with Crippen LogP contribution in [0, 0.1) is 11.6 Å². The first kappa shape index (κ1) is 21.2. The number of esters is 1. The summed E-state index contributed by atoms with van der Waals surface area (Å²) >= 11 is 0. The lowest BCUT2D eigenvalue weighted by molar-refractivity contribution is -0.147. The number of carbonyl (C=O) groups excluding carboxylic acids is 2. The molecule has 1 N–H and O–H groups in total. The Morgan fingerprint density at radius 3 is 2.30 bits per heavy atom. The number of anilines is 1. The molecular formula is C21H21F2N3O4. The first-order valence-electron chi connectivity index (χ1n) is 9.49. The number of hydrogen-bond acceptors (Lipinski definition) is 4. The summed E-state index contributed by atoms with van der Waals surface area (Å²) in [4.78, 5) is 36.5. The van der Waals surface area contributed by atoms with Gasteiger partial charge in [-0.25, -0.2) is 13.6 Å². The topological polar surface area (TPSA) is 82.3 Å². The number of fused-ring (bicyclic) bond motifs is 1. The molecule has 0 saturated heterocycles. The van der Waals surface area contributed by atoms with Crippen molar-refractivity contribution in [2.24, 2.45) is 0 Å². The van der Waals surface area contributed by atoms with Crippen LogP contribution in [0.2, 0.25) is 0 Å². The number of aromatic nitrogens is 2. The molecule has 9 heteroatoms. The number of ether oxygens (including phenoxy) is 1. The number of aryl methyl sites for hydroxylation is 2. The second kappa shape index (κ2) is 9.34. The van der Waals surface area contributed by atoms with Crippen molar-refractivity contribution in [3.8, 4) is 0 Å². The standard InChI is InChI=1S/C21H21F2N3O4/c1-2-10-25-17-5-3-4-6-18(17)26(21(25)29)11-9-20(28)30-13-19(27)24-14-7-8-15(22)16(23)12-14/h3-8,12H,2,9-11,13H2,1H3,(H,24,27). The zero-order chi connectivity index (χ0) is 21.7. The Hall–Kier alpha value is -3.49. The maximum atomic E-state index is 13.2. The van der Waals surface area contributed by atoms with E-state index in [2.05, 4.69) is 5.32 Å². The summed E-state index contributed by atoms with van der Waals surface area (Å²) in [6, 6.07) is 10.2. The van der Waals surface area contributed by atoms with Gasteiger partial charge in [-0.05, 0) is 30.7 Å². The van der Waals surface area contributed by atoms with E-state index in [0.29, 0.717) is 6.54 Å². The molecule has 0 aliphatic carbocycles. The van der Waals surface area contributed by atoms with Gasteiger partial charge >= 0.3 is 11.7 Å². The molecular weight excluding hydrogens is 396 g/mol. The Bertz CT molecular complexity index is 1140. The van der Waals surface area contributed by atoms with Gasteiger partial charge in [-0.3, -0.25) is 18.7 Å². The van der Waals surface area contributed by atoms with Gasteiger partial charge in [0.05, 0.1) is 17.5 Å². The Morgan fingerprint density at radius 1 is 1.00 bits per heavy atom. The van der Waals surface area contributed by atoms with Crippen molar-refractivity contribution in [2.75, 3.05) is 11.9 Å². The Balaban J connectivity index is 1.57. The van der Waals surface area contributed by atoms with Crippen molar-refractivity contribution >= 4 is 28.6 Å². The largest absolute Gasteiger partial charge is 0.456 e. The predicted octanol–water partition coefficient (Wildman–Crippen LogP) is 3.06. The second-order valence-electron chi connectivity index (χ2n) is 6.66. The minimum Gasteiger partial charge on any atom is -0.456 e. The fourth-order valence-corrected chi connectivity index (χ4v) is 3.12. The molecule has 30 heavy (non-hydrogen) atoms. The lowest BCUT2D eigenvalue weighted by Gasteiger charge is -2.07. The van der Waals surface area contributed by atoms with Crippen molar-refractivity contribution in [1.82, 2.24) is 9.13 Å². The average Bonchev–Trinajstić information content (AvgIpc) is 2.99. The molecule has 0 atom stereocenters. The number of imidazole rings is 1. The van der Waals surface area contributed by atoms with E-state index in [-0.39, 0.29) is 24.3 Å². The Kier molecular flexibility index (Phi) is 6.61. The number of halogens is 2. The van der Waals surface area contributed by atoms with Crippen LogP contribution >= 0.6 is 0 Å². The van der Waals surface area contributed by atoms with Crippen molar-refractivity contribution in [3.05, 3.63) is 64.6 Å². The summed E-state index contributed by atoms with van der Waals surface area (Å²) in [6.45, 7) is 2.08. The highest BCUT2D eigenvalue weighted by molar-refractivity contribution is 5.92. The predicted molar refractivity (Wildman–Crippen MR) is 107 cm³/mol. The minimum atomic E-state index is -1.10. The van der Waals surface area contributed by atoms with Gasteiger partial charge in [-0.15, -0.1) is 0 Å². The molecule has 0 spiro atoms. The summed E-state index contributed by atoms with van der Waals surface area (Å²) < 4.78 is 34.1. The molecule has 1 heterocycles. The first-order valence-corrected chi connectivity index (χ1v) is 9.49. The zero-order valence-corrected chi connectivity index (χ0v) is 16.4. The minimum absolute atomic E-state index is 0.0465. The Labute approximate surface area is 170 Å². The van der Waals surface area contributed by atoms with E-state index in [9.17, 15) is 23.2 Å². The van der Waals surface area contributed by atoms with Gasteiger partial charge in [-0.2, -0.15) is 0 Å². The van der Waals surface area contributed by atoms with Crippen molar-refractivity contribution < 1.29 is 23.1 Å². The molecule has 158 valence electrons. The van der Waals surface area contributed by atoms with Gasteiger partial charge in [-0.1, -0.05) is 19.1 Å². The quantitative estimate of drug-likeness (QED) is 0.571. The highest BCUT2D eigenvalue weighted by Gasteiger charge is 2.15. The fraction of sp³-hybridized carbons (Fsp3) is 0.286. The van der Waals surface area contributed by atoms with Crippen LogP contribution in [0.15, 0.2) is 47.3 Å². The second-order valence-corrected chi connectivity index (χ2v) is 6.66. The van der Waals surface area contributed by atoms with Gasteiger partial charge in [0.15, 0.2) is 18.2 Å². The fourth-order valence-electron chi connectivity index (χ4n) is 3.12. The molecule has 0 aliphatic heterocycles. The molecule has 0 bridgehead atoms. The van der Waals surface area contributed by atoms with E-state index >= 15 is 0 Å². The molecule has 0 saturated carbocycles. The SMILES string of the molecule is CCCn1c(=O)n(CCC(=O)OCC(=O)Nc2ccc(F)c(F)c2)c2ccccc21. The summed E-state index contributed by atoms with van der Waals surface area (Å²) in [5.41, 5.74) is 1.36. The van der Waals surface area contributed by atoms with Crippen LogP contribution in [0.4, 0.5) is 14.5 Å². The van der Waals surface area contributed by atoms with Crippen LogP contribution < -0.4 is 11.0 Å². The molecule has 0 radical (unpaired) electrons. The van der Waals surface area contributed by atoms with Crippen molar-refractivity contribution in [3.63, 3.8) is 0 Å². The third-order valence-electron chi connectivity index (χ3n) is 4.48. The number of benzene rings is 2. The summed E-state index contributed by atoms with van der Waals surface area (Å²) in [5, 5.41) is 2.31. The van der Waals surface area contributed by atoms with Crippen LogP contribution in [-0.4, -0.2) is 27.6 Å². The van der Waals surface area contributed by atoms with Gasteiger partial charge in [0.2, 0.25) is 0 Å². The van der Waals surface area contributed by atoms with Gasteiger partial charge < -0.3 is 10.1 Å². The van der Waals surface area contributed by atoms with Crippen LogP contribution in [-0.2, 0) is 27.4 Å². The highest BCUT2D eigenvalue weighted by Crippen LogP contribution is 2.14. The Morgan fingerprint density at radius 2 is 1.67 bits per heavy atom. The highest BCUT2D eigenvalue weighted by atomic mass is 19.2. The van der Waals surface area contributed by atoms with E-state index in [4.69, 9.17) is 4.74 Å². The van der Waals surface area contributed by atoms with Crippen LogP contribution in [0.25, 0.3) is 11.0 Å². The number of amides is 1. The van der Waals surface area contributed by atoms with E-state index < -0.39 is 30.1 Å². The third-order valence-corrected chi connectivity index (χ3v) is 4.48. The molecule has 0 fully saturated rings. The monoisotopic (exact) mass is 417 g/mol. The number of rotatable bonds is 8. The van der Waals surface area contributed by atoms with Gasteiger partial charge in [0.25, 0.3) is 5.91 Å². The zero-order valence-electron chi connectivity index (χ0n) is 16.4. The lowest BCUT2D eigenvalue weighted by atomic mass is 10.3. The maximum absolute atomic E-state index is 13.2. The summed E-state index contributed by atoms with van der Waals surface area (Å²) in [6.07, 6.45) is 0.696. The van der Waals surface area contributed by atoms with E-state index in [1.807, 2.05) is 31.2 Å². The number of nitrogens with one attached hydrogen (secondary N) is 1. The third kappa shape index (κ3) is 4.73. The van der Waals surface area contributed by atoms with Crippen LogP contribution in [0.3, 0.4) is 0 Å². The summed E-state index contributed by atoms with van der Waals surface area (Å²) in [5.74, 6) is -3.48. The molecule has 1 amide bonds. The van der Waals surface area contributed by atoms with Gasteiger partial charge in [0.1, 0.15) is 0 Å². The van der Waals surface area contributed by atoms with Crippen molar-refractivity contribution in [1.29, 1.82) is 0 Å². The number of para-hydroxylation sites is 2. The average molecular weight is 417 g/mol. The van der Waals surface area contributed by atoms with Crippen LogP contribution in [0.1, 0.15) is 19.8 Å². The molecule has 7 nitrogen and oxygen atoms in total. The molecule has 3 rings (SSSR count).